The van der Waals surface area contributed by atoms with Crippen LogP contribution in [0.15, 0.2) is 18.2 Å². The zero-order valence-corrected chi connectivity index (χ0v) is 13.5. The summed E-state index contributed by atoms with van der Waals surface area (Å²) in [6.07, 6.45) is 4.33. The van der Waals surface area contributed by atoms with Crippen LogP contribution in [-0.2, 0) is 0 Å². The first kappa shape index (κ1) is 15.2. The fourth-order valence-electron chi connectivity index (χ4n) is 2.64. The van der Waals surface area contributed by atoms with Crippen LogP contribution in [-0.4, -0.2) is 31.0 Å². The maximum Gasteiger partial charge on any atom is 0.255 e. The van der Waals surface area contributed by atoms with E-state index in [1.54, 1.807) is 32.4 Å². The largest absolute Gasteiger partial charge is 0.497 e. The summed E-state index contributed by atoms with van der Waals surface area (Å²) in [5, 5.41) is 3.94. The Morgan fingerprint density at radius 2 is 2.00 bits per heavy atom. The van der Waals surface area contributed by atoms with E-state index < -0.39 is 0 Å². The van der Waals surface area contributed by atoms with Gasteiger partial charge in [-0.1, -0.05) is 28.8 Å². The number of methoxy groups -OCH3 is 2. The Morgan fingerprint density at radius 1 is 1.30 bits per heavy atom. The number of carbonyl (C=O) groups excluding carboxylic acids is 1. The van der Waals surface area contributed by atoms with E-state index in [9.17, 15) is 4.79 Å². The van der Waals surface area contributed by atoms with Gasteiger partial charge in [0.05, 0.1) is 25.3 Å². The third kappa shape index (κ3) is 3.08. The summed E-state index contributed by atoms with van der Waals surface area (Å²) in [5.74, 6) is 1.10. The monoisotopic (exact) mass is 341 g/mol. The minimum atomic E-state index is -0.134. The molecule has 4 nitrogen and oxygen atoms in total. The highest BCUT2D eigenvalue weighted by atomic mass is 79.9. The number of halogens is 1. The molecule has 0 heterocycles. The summed E-state index contributed by atoms with van der Waals surface area (Å²) in [6, 6.07) is 5.25. The number of carbonyl (C=O) groups is 1. The minimum Gasteiger partial charge on any atom is -0.497 e. The van der Waals surface area contributed by atoms with Crippen LogP contribution in [0.4, 0.5) is 0 Å². The van der Waals surface area contributed by atoms with Gasteiger partial charge in [-0.3, -0.25) is 4.79 Å². The number of ether oxygens (including phenoxy) is 2. The van der Waals surface area contributed by atoms with Crippen LogP contribution in [0.5, 0.6) is 11.5 Å². The van der Waals surface area contributed by atoms with Gasteiger partial charge in [-0.2, -0.15) is 0 Å². The van der Waals surface area contributed by atoms with Gasteiger partial charge in [-0.15, -0.1) is 0 Å². The second kappa shape index (κ2) is 6.48. The topological polar surface area (TPSA) is 47.6 Å². The average molecular weight is 342 g/mol. The molecule has 1 saturated carbocycles. The van der Waals surface area contributed by atoms with Crippen LogP contribution >= 0.6 is 15.9 Å². The van der Waals surface area contributed by atoms with Crippen LogP contribution in [0.25, 0.3) is 0 Å². The molecule has 0 unspecified atom stereocenters. The van der Waals surface area contributed by atoms with E-state index in [0.29, 0.717) is 17.1 Å². The fraction of sp³-hybridized carbons (Fsp3) is 0.533. The summed E-state index contributed by atoms with van der Waals surface area (Å²) in [7, 11) is 3.15. The Balaban J connectivity index is 2.23. The molecule has 0 aromatic heterocycles. The fourth-order valence-corrected chi connectivity index (χ4v) is 3.34. The van der Waals surface area contributed by atoms with E-state index in [2.05, 4.69) is 21.2 Å². The Kier molecular flexibility index (Phi) is 4.91. The van der Waals surface area contributed by atoms with Crippen LogP contribution < -0.4 is 14.8 Å². The van der Waals surface area contributed by atoms with E-state index in [0.717, 1.165) is 31.0 Å². The van der Waals surface area contributed by atoms with Crippen molar-refractivity contribution >= 4 is 21.8 Å². The van der Waals surface area contributed by atoms with Crippen LogP contribution in [0.1, 0.15) is 36.0 Å². The second-order valence-corrected chi connectivity index (χ2v) is 5.70. The van der Waals surface area contributed by atoms with E-state index >= 15 is 0 Å². The molecule has 1 N–H and O–H groups in total. The first-order valence-electron chi connectivity index (χ1n) is 6.74. The molecular formula is C15H20BrNO3. The molecule has 1 amide bonds. The van der Waals surface area contributed by atoms with Crippen molar-refractivity contribution < 1.29 is 14.3 Å². The van der Waals surface area contributed by atoms with Gasteiger partial charge in [0.25, 0.3) is 5.91 Å². The predicted octanol–water partition coefficient (Wildman–Crippen LogP) is 3.14. The zero-order valence-electron chi connectivity index (χ0n) is 11.9. The molecule has 1 aliphatic carbocycles. The molecule has 1 aliphatic rings. The summed E-state index contributed by atoms with van der Waals surface area (Å²) in [5.41, 5.74) is 0.379. The van der Waals surface area contributed by atoms with Crippen molar-refractivity contribution in [3.8, 4) is 11.5 Å². The summed E-state index contributed by atoms with van der Waals surface area (Å²) >= 11 is 3.53. The molecule has 2 rings (SSSR count). The van der Waals surface area contributed by atoms with Crippen molar-refractivity contribution in [1.29, 1.82) is 0 Å². The first-order chi connectivity index (χ1) is 9.64. The summed E-state index contributed by atoms with van der Waals surface area (Å²) in [4.78, 5) is 12.5. The van der Waals surface area contributed by atoms with Gasteiger partial charge in [-0.25, -0.2) is 0 Å². The lowest BCUT2D eigenvalue weighted by atomic mass is 9.99. The van der Waals surface area contributed by atoms with Gasteiger partial charge in [0, 0.05) is 5.33 Å². The molecule has 5 heteroatoms. The maximum absolute atomic E-state index is 12.5. The highest BCUT2D eigenvalue weighted by Crippen LogP contribution is 2.32. The Labute approximate surface area is 128 Å². The normalized spacial score (nSPS) is 16.8. The lowest BCUT2D eigenvalue weighted by molar-refractivity contribution is 0.0907. The number of rotatable bonds is 5. The van der Waals surface area contributed by atoms with Crippen molar-refractivity contribution in [3.05, 3.63) is 23.8 Å². The van der Waals surface area contributed by atoms with Crippen molar-refractivity contribution in [2.45, 2.75) is 31.2 Å². The van der Waals surface area contributed by atoms with Crippen molar-refractivity contribution in [2.75, 3.05) is 19.5 Å². The van der Waals surface area contributed by atoms with E-state index in [1.165, 1.54) is 0 Å². The molecule has 110 valence electrons. The molecule has 0 aliphatic heterocycles. The molecule has 20 heavy (non-hydrogen) atoms. The van der Waals surface area contributed by atoms with Gasteiger partial charge in [0.2, 0.25) is 0 Å². The Morgan fingerprint density at radius 3 is 2.55 bits per heavy atom. The van der Waals surface area contributed by atoms with E-state index in [1.807, 2.05) is 0 Å². The number of alkyl halides is 1. The third-order valence-electron chi connectivity index (χ3n) is 3.85. The van der Waals surface area contributed by atoms with Crippen molar-refractivity contribution in [2.24, 2.45) is 0 Å². The summed E-state index contributed by atoms with van der Waals surface area (Å²) < 4.78 is 10.5. The third-order valence-corrected chi connectivity index (χ3v) is 4.92. The number of hydrogen-bond acceptors (Lipinski definition) is 3. The minimum absolute atomic E-state index is 0.109. The molecule has 0 radical (unpaired) electrons. The molecule has 0 saturated heterocycles. The van der Waals surface area contributed by atoms with Crippen LogP contribution in [0.2, 0.25) is 0 Å². The molecular weight excluding hydrogens is 322 g/mol. The average Bonchev–Trinajstić information content (AvgIpc) is 2.95. The quantitative estimate of drug-likeness (QED) is 0.837. The van der Waals surface area contributed by atoms with Gasteiger partial charge in [0.1, 0.15) is 11.5 Å². The predicted molar refractivity (Wildman–Crippen MR) is 82.0 cm³/mol. The molecule has 1 fully saturated rings. The highest BCUT2D eigenvalue weighted by molar-refractivity contribution is 9.09. The van der Waals surface area contributed by atoms with Crippen LogP contribution in [0, 0.1) is 0 Å². The smallest absolute Gasteiger partial charge is 0.255 e. The maximum atomic E-state index is 12.5. The number of hydrogen-bond donors (Lipinski definition) is 1. The van der Waals surface area contributed by atoms with E-state index in [4.69, 9.17) is 9.47 Å². The van der Waals surface area contributed by atoms with E-state index in [-0.39, 0.29) is 11.4 Å². The number of amides is 1. The lowest BCUT2D eigenvalue weighted by Gasteiger charge is -2.28. The van der Waals surface area contributed by atoms with Gasteiger partial charge >= 0.3 is 0 Å². The molecule has 0 bridgehead atoms. The van der Waals surface area contributed by atoms with Crippen molar-refractivity contribution in [1.82, 2.24) is 5.32 Å². The second-order valence-electron chi connectivity index (χ2n) is 5.14. The molecule has 1 aromatic rings. The van der Waals surface area contributed by atoms with Crippen molar-refractivity contribution in [3.63, 3.8) is 0 Å². The SMILES string of the molecule is COc1ccc(OC)c(C(=O)NC2(CBr)CCCC2)c1. The lowest BCUT2D eigenvalue weighted by Crippen LogP contribution is -2.47. The van der Waals surface area contributed by atoms with Gasteiger partial charge in [-0.05, 0) is 31.0 Å². The highest BCUT2D eigenvalue weighted by Gasteiger charge is 2.35. The molecule has 1 aromatic carbocycles. The zero-order chi connectivity index (χ0) is 14.6. The van der Waals surface area contributed by atoms with Crippen LogP contribution in [0.3, 0.4) is 0 Å². The van der Waals surface area contributed by atoms with Gasteiger partial charge < -0.3 is 14.8 Å². The number of benzene rings is 1. The molecule has 0 atom stereocenters. The Bertz CT molecular complexity index is 484. The van der Waals surface area contributed by atoms with Gasteiger partial charge in [0.15, 0.2) is 0 Å². The molecule has 0 spiro atoms. The first-order valence-corrected chi connectivity index (χ1v) is 7.87. The Hall–Kier alpha value is -1.23. The standard InChI is InChI=1S/C15H20BrNO3/c1-19-11-5-6-13(20-2)12(9-11)14(18)17-15(10-16)7-3-4-8-15/h5-6,9H,3-4,7-8,10H2,1-2H3,(H,17,18). The summed E-state index contributed by atoms with van der Waals surface area (Å²) in [6.45, 7) is 0. The number of nitrogens with one attached hydrogen (secondary N) is 1.